The molecule has 0 aliphatic rings. The monoisotopic (exact) mass is 359 g/mol. The molecule has 0 atom stereocenters. The van der Waals surface area contributed by atoms with Crippen LogP contribution in [0.1, 0.15) is 15.9 Å². The van der Waals surface area contributed by atoms with Crippen LogP contribution in [0.15, 0.2) is 34.8 Å². The van der Waals surface area contributed by atoms with Gasteiger partial charge in [-0.05, 0) is 46.3 Å². The van der Waals surface area contributed by atoms with E-state index in [1.54, 1.807) is 0 Å². The fraction of sp³-hybridized carbons (Fsp3) is 0.0714. The molecule has 0 spiro atoms. The summed E-state index contributed by atoms with van der Waals surface area (Å²) >= 11 is 2.85. The number of aromatic carboxylic acids is 1. The van der Waals surface area contributed by atoms with Gasteiger partial charge >= 0.3 is 5.97 Å². The smallest absolute Gasteiger partial charge is 0.336 e. The molecule has 3 nitrogen and oxygen atoms in total. The first kappa shape index (κ1) is 15.4. The molecule has 110 valence electrons. The van der Waals surface area contributed by atoms with E-state index in [0.717, 1.165) is 18.2 Å². The first-order valence-corrected chi connectivity index (χ1v) is 6.58. The van der Waals surface area contributed by atoms with Gasteiger partial charge in [0.2, 0.25) is 0 Å². The lowest BCUT2D eigenvalue weighted by Gasteiger charge is -2.11. The van der Waals surface area contributed by atoms with E-state index in [0.29, 0.717) is 0 Å². The second kappa shape index (κ2) is 6.17. The predicted molar refractivity (Wildman–Crippen MR) is 74.7 cm³/mol. The number of halogens is 4. The maximum Gasteiger partial charge on any atom is 0.336 e. The molecule has 21 heavy (non-hydrogen) atoms. The van der Waals surface area contributed by atoms with E-state index < -0.39 is 23.4 Å². The van der Waals surface area contributed by atoms with E-state index in [1.807, 2.05) is 0 Å². The van der Waals surface area contributed by atoms with Crippen LogP contribution >= 0.6 is 15.9 Å². The zero-order valence-corrected chi connectivity index (χ0v) is 12.0. The second-order valence-corrected chi connectivity index (χ2v) is 4.98. The Hall–Kier alpha value is -2.02. The highest BCUT2D eigenvalue weighted by atomic mass is 79.9. The maximum absolute atomic E-state index is 14.0. The van der Waals surface area contributed by atoms with Crippen molar-refractivity contribution in [3.05, 3.63) is 63.4 Å². The van der Waals surface area contributed by atoms with Crippen molar-refractivity contribution in [3.8, 4) is 0 Å². The van der Waals surface area contributed by atoms with E-state index in [-0.39, 0.29) is 27.8 Å². The van der Waals surface area contributed by atoms with Crippen LogP contribution < -0.4 is 5.32 Å². The van der Waals surface area contributed by atoms with Crippen molar-refractivity contribution in [2.75, 3.05) is 5.32 Å². The summed E-state index contributed by atoms with van der Waals surface area (Å²) in [5.74, 6) is -3.31. The Morgan fingerprint density at radius 1 is 1.19 bits per heavy atom. The molecule has 2 aromatic rings. The Bertz CT molecular complexity index is 707. The SMILES string of the molecule is O=C(O)c1ccc(NCc2cc(F)ccc2F)c(F)c1Br. The Morgan fingerprint density at radius 2 is 1.90 bits per heavy atom. The molecule has 0 aliphatic heterocycles. The average molecular weight is 360 g/mol. The summed E-state index contributed by atoms with van der Waals surface area (Å²) in [7, 11) is 0. The van der Waals surface area contributed by atoms with Gasteiger partial charge in [-0.3, -0.25) is 0 Å². The molecule has 0 amide bonds. The maximum atomic E-state index is 14.0. The standard InChI is InChI=1S/C14H9BrF3NO2/c15-12-9(14(20)21)2-4-11(13(12)18)19-6-7-5-8(16)1-3-10(7)17/h1-5,19H,6H2,(H,20,21). The van der Waals surface area contributed by atoms with E-state index in [2.05, 4.69) is 21.2 Å². The van der Waals surface area contributed by atoms with Crippen LogP contribution in [-0.4, -0.2) is 11.1 Å². The summed E-state index contributed by atoms with van der Waals surface area (Å²) in [5, 5.41) is 11.4. The summed E-state index contributed by atoms with van der Waals surface area (Å²) in [4.78, 5) is 10.8. The van der Waals surface area contributed by atoms with Crippen LogP contribution in [0.3, 0.4) is 0 Å². The topological polar surface area (TPSA) is 49.3 Å². The van der Waals surface area contributed by atoms with Crippen molar-refractivity contribution in [1.29, 1.82) is 0 Å². The van der Waals surface area contributed by atoms with Gasteiger partial charge < -0.3 is 10.4 Å². The minimum absolute atomic E-state index is 0.0180. The van der Waals surface area contributed by atoms with E-state index in [1.165, 1.54) is 12.1 Å². The Labute approximate surface area is 126 Å². The van der Waals surface area contributed by atoms with E-state index in [9.17, 15) is 18.0 Å². The third-order valence-corrected chi connectivity index (χ3v) is 3.57. The lowest BCUT2D eigenvalue weighted by Crippen LogP contribution is -2.06. The quantitative estimate of drug-likeness (QED) is 0.860. The van der Waals surface area contributed by atoms with Crippen molar-refractivity contribution in [2.45, 2.75) is 6.54 Å². The Balaban J connectivity index is 2.23. The lowest BCUT2D eigenvalue weighted by molar-refractivity contribution is 0.0695. The fourth-order valence-electron chi connectivity index (χ4n) is 1.72. The largest absolute Gasteiger partial charge is 0.478 e. The van der Waals surface area contributed by atoms with Gasteiger partial charge in [-0.15, -0.1) is 0 Å². The lowest BCUT2D eigenvalue weighted by atomic mass is 10.1. The van der Waals surface area contributed by atoms with Crippen molar-refractivity contribution < 1.29 is 23.1 Å². The molecule has 0 heterocycles. The number of carbonyl (C=O) groups is 1. The predicted octanol–water partition coefficient (Wildman–Crippen LogP) is 4.18. The normalized spacial score (nSPS) is 10.5. The number of carboxylic acid groups (broad SMARTS) is 1. The third-order valence-electron chi connectivity index (χ3n) is 2.79. The summed E-state index contributed by atoms with van der Waals surface area (Å²) < 4.78 is 40.2. The van der Waals surface area contributed by atoms with Crippen molar-refractivity contribution in [2.24, 2.45) is 0 Å². The third kappa shape index (κ3) is 3.36. The molecular formula is C14H9BrF3NO2. The number of carboxylic acids is 1. The van der Waals surface area contributed by atoms with E-state index >= 15 is 0 Å². The highest BCUT2D eigenvalue weighted by Gasteiger charge is 2.16. The van der Waals surface area contributed by atoms with Crippen LogP contribution in [0.5, 0.6) is 0 Å². The summed E-state index contributed by atoms with van der Waals surface area (Å²) in [5.41, 5.74) is -0.210. The van der Waals surface area contributed by atoms with Gasteiger partial charge in [-0.25, -0.2) is 18.0 Å². The molecule has 0 radical (unpaired) electrons. The molecule has 0 unspecified atom stereocenters. The summed E-state index contributed by atoms with van der Waals surface area (Å²) in [6.07, 6.45) is 0. The van der Waals surface area contributed by atoms with Crippen LogP contribution in [-0.2, 0) is 6.54 Å². The Kier molecular flexibility index (Phi) is 4.52. The number of hydrogen-bond donors (Lipinski definition) is 2. The molecule has 0 aromatic heterocycles. The van der Waals surface area contributed by atoms with Gasteiger partial charge in [-0.2, -0.15) is 0 Å². The molecule has 2 rings (SSSR count). The highest BCUT2D eigenvalue weighted by molar-refractivity contribution is 9.10. The molecule has 2 N–H and O–H groups in total. The summed E-state index contributed by atoms with van der Waals surface area (Å²) in [6.45, 7) is -0.140. The number of nitrogens with one attached hydrogen (secondary N) is 1. The Morgan fingerprint density at radius 3 is 2.57 bits per heavy atom. The van der Waals surface area contributed by atoms with Crippen LogP contribution in [0.25, 0.3) is 0 Å². The number of benzene rings is 2. The van der Waals surface area contributed by atoms with Crippen LogP contribution in [0, 0.1) is 17.5 Å². The average Bonchev–Trinajstić information content (AvgIpc) is 2.43. The molecule has 0 aliphatic carbocycles. The minimum atomic E-state index is -1.27. The number of anilines is 1. The fourth-order valence-corrected chi connectivity index (χ4v) is 2.24. The van der Waals surface area contributed by atoms with Gasteiger partial charge in [0.1, 0.15) is 11.6 Å². The van der Waals surface area contributed by atoms with Crippen molar-refractivity contribution >= 4 is 27.6 Å². The van der Waals surface area contributed by atoms with Crippen LogP contribution in [0.4, 0.5) is 18.9 Å². The summed E-state index contributed by atoms with van der Waals surface area (Å²) in [6, 6.07) is 5.39. The molecule has 0 saturated carbocycles. The number of hydrogen-bond acceptors (Lipinski definition) is 2. The minimum Gasteiger partial charge on any atom is -0.478 e. The second-order valence-electron chi connectivity index (χ2n) is 4.18. The molecule has 0 saturated heterocycles. The van der Waals surface area contributed by atoms with Gasteiger partial charge in [0.15, 0.2) is 5.82 Å². The molecule has 0 bridgehead atoms. The molecule has 0 fully saturated rings. The highest BCUT2D eigenvalue weighted by Crippen LogP contribution is 2.27. The van der Waals surface area contributed by atoms with Crippen LogP contribution in [0.2, 0.25) is 0 Å². The molecular weight excluding hydrogens is 351 g/mol. The molecule has 2 aromatic carbocycles. The first-order chi connectivity index (χ1) is 9.90. The molecule has 7 heteroatoms. The zero-order chi connectivity index (χ0) is 15.6. The number of rotatable bonds is 4. The van der Waals surface area contributed by atoms with Gasteiger partial charge in [0.25, 0.3) is 0 Å². The van der Waals surface area contributed by atoms with Crippen molar-refractivity contribution in [3.63, 3.8) is 0 Å². The van der Waals surface area contributed by atoms with Gasteiger partial charge in [0.05, 0.1) is 15.7 Å². The van der Waals surface area contributed by atoms with E-state index in [4.69, 9.17) is 5.11 Å². The zero-order valence-electron chi connectivity index (χ0n) is 10.5. The van der Waals surface area contributed by atoms with Gasteiger partial charge in [0, 0.05) is 12.1 Å². The van der Waals surface area contributed by atoms with Gasteiger partial charge in [-0.1, -0.05) is 0 Å². The first-order valence-electron chi connectivity index (χ1n) is 5.79. The van der Waals surface area contributed by atoms with Crippen molar-refractivity contribution in [1.82, 2.24) is 0 Å².